The molecule has 4 rings (SSSR count). The van der Waals surface area contributed by atoms with Crippen molar-refractivity contribution >= 4 is 5.91 Å². The Balaban J connectivity index is 1.53. The van der Waals surface area contributed by atoms with Gasteiger partial charge >= 0.3 is 0 Å². The number of amides is 1. The molecule has 0 saturated heterocycles. The Morgan fingerprint density at radius 1 is 1.11 bits per heavy atom. The molecule has 1 atom stereocenters. The van der Waals surface area contributed by atoms with E-state index in [9.17, 15) is 4.79 Å². The smallest absolute Gasteiger partial charge is 0.262 e. The summed E-state index contributed by atoms with van der Waals surface area (Å²) in [6.07, 6.45) is 0.847. The monoisotopic (exact) mass is 362 g/mol. The number of benzene rings is 2. The second-order valence-electron chi connectivity index (χ2n) is 6.11. The van der Waals surface area contributed by atoms with Gasteiger partial charge in [-0.05, 0) is 29.8 Å². The van der Waals surface area contributed by atoms with Crippen LogP contribution >= 0.6 is 0 Å². The van der Waals surface area contributed by atoms with Gasteiger partial charge in [0.2, 0.25) is 6.10 Å². The summed E-state index contributed by atoms with van der Waals surface area (Å²) in [5.74, 6) is 1.14. The standard InChI is InChI=1S/C21H18N2O4/c22-21(24)19-13-26-18-8-4-7-16(20(18)27-19)17-10-9-15(11-23-17)25-12-14-5-2-1-3-6-14/h1-11,19H,12-13H2,(H2,22,24). The van der Waals surface area contributed by atoms with Crippen LogP contribution in [0.4, 0.5) is 0 Å². The number of ether oxygens (including phenoxy) is 3. The predicted molar refractivity (Wildman–Crippen MR) is 99.6 cm³/mol. The highest BCUT2D eigenvalue weighted by molar-refractivity contribution is 5.81. The van der Waals surface area contributed by atoms with Crippen LogP contribution in [0.3, 0.4) is 0 Å². The van der Waals surface area contributed by atoms with Crippen molar-refractivity contribution in [3.63, 3.8) is 0 Å². The molecule has 1 aromatic heterocycles. The number of nitrogens with zero attached hydrogens (tertiary/aromatic N) is 1. The molecule has 3 aromatic rings. The van der Waals surface area contributed by atoms with E-state index in [-0.39, 0.29) is 6.61 Å². The zero-order valence-corrected chi connectivity index (χ0v) is 14.5. The number of carbonyl (C=O) groups is 1. The van der Waals surface area contributed by atoms with Gasteiger partial charge in [-0.2, -0.15) is 0 Å². The summed E-state index contributed by atoms with van der Waals surface area (Å²) in [6.45, 7) is 0.575. The molecule has 0 fully saturated rings. The molecular formula is C21H18N2O4. The molecule has 1 amide bonds. The van der Waals surface area contributed by atoms with E-state index in [2.05, 4.69) is 4.98 Å². The van der Waals surface area contributed by atoms with E-state index in [1.54, 1.807) is 12.3 Å². The number of hydrogen-bond donors (Lipinski definition) is 1. The van der Waals surface area contributed by atoms with Gasteiger partial charge in [0.05, 0.1) is 11.9 Å². The Morgan fingerprint density at radius 3 is 2.70 bits per heavy atom. The van der Waals surface area contributed by atoms with E-state index in [1.807, 2.05) is 54.6 Å². The van der Waals surface area contributed by atoms with Gasteiger partial charge in [-0.1, -0.05) is 36.4 Å². The molecule has 0 spiro atoms. The third kappa shape index (κ3) is 3.69. The highest BCUT2D eigenvalue weighted by atomic mass is 16.6. The molecular weight excluding hydrogens is 344 g/mol. The van der Waals surface area contributed by atoms with Crippen molar-refractivity contribution in [3.8, 4) is 28.5 Å². The van der Waals surface area contributed by atoms with Crippen molar-refractivity contribution in [1.29, 1.82) is 0 Å². The SMILES string of the molecule is NC(=O)C1COc2cccc(-c3ccc(OCc4ccccc4)cn3)c2O1. The third-order valence-corrected chi connectivity index (χ3v) is 4.21. The molecule has 136 valence electrons. The lowest BCUT2D eigenvalue weighted by atomic mass is 10.1. The molecule has 1 aliphatic rings. The number of hydrogen-bond acceptors (Lipinski definition) is 5. The van der Waals surface area contributed by atoms with Gasteiger partial charge in [0.25, 0.3) is 5.91 Å². The van der Waals surface area contributed by atoms with Crippen LogP contribution in [0.15, 0.2) is 66.9 Å². The Labute approximate surface area is 156 Å². The minimum absolute atomic E-state index is 0.103. The van der Waals surface area contributed by atoms with E-state index in [1.165, 1.54) is 0 Å². The molecule has 0 radical (unpaired) electrons. The highest BCUT2D eigenvalue weighted by Crippen LogP contribution is 2.40. The zero-order chi connectivity index (χ0) is 18.6. The van der Waals surface area contributed by atoms with Gasteiger partial charge in [0, 0.05) is 5.56 Å². The Bertz CT molecular complexity index is 942. The minimum atomic E-state index is -0.813. The Morgan fingerprint density at radius 2 is 1.96 bits per heavy atom. The first-order valence-corrected chi connectivity index (χ1v) is 8.55. The van der Waals surface area contributed by atoms with Gasteiger partial charge in [-0.15, -0.1) is 0 Å². The van der Waals surface area contributed by atoms with Crippen LogP contribution in [-0.2, 0) is 11.4 Å². The van der Waals surface area contributed by atoms with Crippen molar-refractivity contribution in [2.75, 3.05) is 6.61 Å². The molecule has 2 N–H and O–H groups in total. The lowest BCUT2D eigenvalue weighted by molar-refractivity contribution is -0.126. The zero-order valence-electron chi connectivity index (χ0n) is 14.5. The van der Waals surface area contributed by atoms with E-state index in [0.29, 0.717) is 29.5 Å². The fourth-order valence-electron chi connectivity index (χ4n) is 2.80. The summed E-state index contributed by atoms with van der Waals surface area (Å²) in [5, 5.41) is 0. The number of primary amides is 1. The predicted octanol–water partition coefficient (Wildman–Crippen LogP) is 2.95. The van der Waals surface area contributed by atoms with Crippen LogP contribution in [0.1, 0.15) is 5.56 Å². The maximum absolute atomic E-state index is 11.4. The average Bonchev–Trinajstić information content (AvgIpc) is 2.72. The first-order chi connectivity index (χ1) is 13.2. The minimum Gasteiger partial charge on any atom is -0.487 e. The summed E-state index contributed by atoms with van der Waals surface area (Å²) >= 11 is 0. The van der Waals surface area contributed by atoms with E-state index in [0.717, 1.165) is 11.1 Å². The molecule has 27 heavy (non-hydrogen) atoms. The third-order valence-electron chi connectivity index (χ3n) is 4.21. The summed E-state index contributed by atoms with van der Waals surface area (Å²) in [4.78, 5) is 15.9. The van der Waals surface area contributed by atoms with Crippen LogP contribution in [0.25, 0.3) is 11.3 Å². The normalized spacial score (nSPS) is 15.2. The van der Waals surface area contributed by atoms with Crippen LogP contribution in [0.5, 0.6) is 17.2 Å². The van der Waals surface area contributed by atoms with Crippen molar-refractivity contribution < 1.29 is 19.0 Å². The van der Waals surface area contributed by atoms with Crippen LogP contribution in [-0.4, -0.2) is 23.6 Å². The molecule has 0 saturated carbocycles. The molecule has 6 nitrogen and oxygen atoms in total. The second-order valence-corrected chi connectivity index (χ2v) is 6.11. The quantitative estimate of drug-likeness (QED) is 0.754. The number of para-hydroxylation sites is 1. The van der Waals surface area contributed by atoms with Crippen molar-refractivity contribution in [1.82, 2.24) is 4.98 Å². The number of fused-ring (bicyclic) bond motifs is 1. The fraction of sp³-hybridized carbons (Fsp3) is 0.143. The summed E-state index contributed by atoms with van der Waals surface area (Å²) < 4.78 is 17.1. The Hall–Kier alpha value is -3.54. The molecule has 6 heteroatoms. The van der Waals surface area contributed by atoms with Gasteiger partial charge in [0.15, 0.2) is 11.5 Å². The van der Waals surface area contributed by atoms with Crippen LogP contribution < -0.4 is 19.9 Å². The van der Waals surface area contributed by atoms with Gasteiger partial charge in [0.1, 0.15) is 19.0 Å². The Kier molecular flexibility index (Phi) is 4.61. The topological polar surface area (TPSA) is 83.7 Å². The highest BCUT2D eigenvalue weighted by Gasteiger charge is 2.28. The van der Waals surface area contributed by atoms with Crippen molar-refractivity contribution in [3.05, 3.63) is 72.4 Å². The van der Waals surface area contributed by atoms with Crippen molar-refractivity contribution in [2.24, 2.45) is 5.73 Å². The number of rotatable bonds is 5. The van der Waals surface area contributed by atoms with E-state index < -0.39 is 12.0 Å². The molecule has 0 bridgehead atoms. The van der Waals surface area contributed by atoms with Gasteiger partial charge < -0.3 is 19.9 Å². The number of carbonyl (C=O) groups excluding carboxylic acids is 1. The summed E-state index contributed by atoms with van der Waals surface area (Å²) in [7, 11) is 0. The molecule has 2 heterocycles. The lowest BCUT2D eigenvalue weighted by Gasteiger charge is -2.26. The number of aromatic nitrogens is 1. The largest absolute Gasteiger partial charge is 0.487 e. The van der Waals surface area contributed by atoms with Crippen molar-refractivity contribution in [2.45, 2.75) is 12.7 Å². The lowest BCUT2D eigenvalue weighted by Crippen LogP contribution is -2.41. The average molecular weight is 362 g/mol. The molecule has 1 aliphatic heterocycles. The molecule has 0 aliphatic carbocycles. The number of pyridine rings is 1. The van der Waals surface area contributed by atoms with Crippen LogP contribution in [0.2, 0.25) is 0 Å². The number of nitrogens with two attached hydrogens (primary N) is 1. The maximum atomic E-state index is 11.4. The molecule has 1 unspecified atom stereocenters. The van der Waals surface area contributed by atoms with Gasteiger partial charge in [-0.25, -0.2) is 0 Å². The van der Waals surface area contributed by atoms with Crippen LogP contribution in [0, 0.1) is 0 Å². The first kappa shape index (κ1) is 16.9. The van der Waals surface area contributed by atoms with E-state index in [4.69, 9.17) is 19.9 Å². The second kappa shape index (κ2) is 7.37. The maximum Gasteiger partial charge on any atom is 0.262 e. The summed E-state index contributed by atoms with van der Waals surface area (Å²) in [5.41, 5.74) is 7.84. The van der Waals surface area contributed by atoms with Gasteiger partial charge in [-0.3, -0.25) is 9.78 Å². The summed E-state index contributed by atoms with van der Waals surface area (Å²) in [6, 6.07) is 19.1. The first-order valence-electron chi connectivity index (χ1n) is 8.55. The van der Waals surface area contributed by atoms with E-state index >= 15 is 0 Å². The fourth-order valence-corrected chi connectivity index (χ4v) is 2.80. The molecule has 2 aromatic carbocycles.